The fourth-order valence-corrected chi connectivity index (χ4v) is 2.95. The Morgan fingerprint density at radius 1 is 1.04 bits per heavy atom. The standard InChI is InChI=1S/C22H27N5O/c1-3-28-21-11-5-4-10-20(21)16-25-22(23-2)24-15-18-8-6-9-19(14-18)17-27-13-7-12-26-27/h4-14H,3,15-17H2,1-2H3,(H2,23,24,25). The van der Waals surface area contributed by atoms with E-state index in [1.165, 1.54) is 11.1 Å². The average molecular weight is 377 g/mol. The molecule has 0 saturated heterocycles. The van der Waals surface area contributed by atoms with Crippen LogP contribution in [0.3, 0.4) is 0 Å². The lowest BCUT2D eigenvalue weighted by molar-refractivity contribution is 0.336. The van der Waals surface area contributed by atoms with Crippen LogP contribution in [0.4, 0.5) is 0 Å². The molecular formula is C22H27N5O. The third-order valence-corrected chi connectivity index (χ3v) is 4.30. The Labute approximate surface area is 166 Å². The number of para-hydroxylation sites is 1. The molecule has 0 saturated carbocycles. The molecule has 2 aromatic carbocycles. The maximum absolute atomic E-state index is 5.68. The molecule has 6 nitrogen and oxygen atoms in total. The number of nitrogens with one attached hydrogen (secondary N) is 2. The summed E-state index contributed by atoms with van der Waals surface area (Å²) in [5.74, 6) is 1.66. The lowest BCUT2D eigenvalue weighted by Crippen LogP contribution is -2.36. The maximum Gasteiger partial charge on any atom is 0.191 e. The van der Waals surface area contributed by atoms with Crippen molar-refractivity contribution in [3.63, 3.8) is 0 Å². The topological polar surface area (TPSA) is 63.5 Å². The average Bonchev–Trinajstić information content (AvgIpc) is 3.23. The van der Waals surface area contributed by atoms with Gasteiger partial charge >= 0.3 is 0 Å². The molecule has 0 atom stereocenters. The number of aromatic nitrogens is 2. The molecule has 0 spiro atoms. The fraction of sp³-hybridized carbons (Fsp3) is 0.273. The van der Waals surface area contributed by atoms with Gasteiger partial charge in [-0.2, -0.15) is 5.10 Å². The first-order valence-corrected chi connectivity index (χ1v) is 9.49. The summed E-state index contributed by atoms with van der Waals surface area (Å²) in [4.78, 5) is 4.32. The van der Waals surface area contributed by atoms with Crippen LogP contribution in [0.5, 0.6) is 5.75 Å². The Morgan fingerprint density at radius 2 is 1.86 bits per heavy atom. The van der Waals surface area contributed by atoms with Gasteiger partial charge in [-0.15, -0.1) is 0 Å². The van der Waals surface area contributed by atoms with Gasteiger partial charge in [-0.25, -0.2) is 0 Å². The maximum atomic E-state index is 5.68. The zero-order chi connectivity index (χ0) is 19.6. The van der Waals surface area contributed by atoms with E-state index < -0.39 is 0 Å². The number of hydrogen-bond acceptors (Lipinski definition) is 3. The molecule has 3 aromatic rings. The number of rotatable bonds is 8. The van der Waals surface area contributed by atoms with Crippen molar-refractivity contribution in [3.8, 4) is 5.75 Å². The second-order valence-electron chi connectivity index (χ2n) is 6.34. The fourth-order valence-electron chi connectivity index (χ4n) is 2.95. The van der Waals surface area contributed by atoms with Crippen molar-refractivity contribution in [2.24, 2.45) is 4.99 Å². The van der Waals surface area contributed by atoms with Crippen molar-refractivity contribution in [2.75, 3.05) is 13.7 Å². The highest BCUT2D eigenvalue weighted by molar-refractivity contribution is 5.79. The van der Waals surface area contributed by atoms with Crippen molar-refractivity contribution in [1.29, 1.82) is 0 Å². The summed E-state index contributed by atoms with van der Waals surface area (Å²) in [5.41, 5.74) is 3.52. The predicted octanol–water partition coefficient (Wildman–Crippen LogP) is 3.20. The van der Waals surface area contributed by atoms with Gasteiger partial charge in [0.2, 0.25) is 0 Å². The van der Waals surface area contributed by atoms with Gasteiger partial charge in [0.25, 0.3) is 0 Å². The molecule has 28 heavy (non-hydrogen) atoms. The quantitative estimate of drug-likeness (QED) is 0.467. The number of nitrogens with zero attached hydrogens (tertiary/aromatic N) is 3. The van der Waals surface area contributed by atoms with Crippen LogP contribution in [-0.4, -0.2) is 29.4 Å². The Kier molecular flexibility index (Phi) is 7.07. The Morgan fingerprint density at radius 3 is 2.64 bits per heavy atom. The molecule has 0 aliphatic rings. The van der Waals surface area contributed by atoms with Crippen LogP contribution in [0, 0.1) is 0 Å². The third kappa shape index (κ3) is 5.61. The lowest BCUT2D eigenvalue weighted by atomic mass is 10.1. The van der Waals surface area contributed by atoms with E-state index in [1.54, 1.807) is 13.2 Å². The van der Waals surface area contributed by atoms with Crippen LogP contribution in [0.25, 0.3) is 0 Å². The third-order valence-electron chi connectivity index (χ3n) is 4.30. The van der Waals surface area contributed by atoms with Crippen LogP contribution in [0.1, 0.15) is 23.6 Å². The smallest absolute Gasteiger partial charge is 0.191 e. The monoisotopic (exact) mass is 377 g/mol. The normalized spacial score (nSPS) is 11.3. The SMILES string of the molecule is CCOc1ccccc1CNC(=NC)NCc1cccc(Cn2cccn2)c1. The molecule has 1 heterocycles. The van der Waals surface area contributed by atoms with Gasteiger partial charge in [0.15, 0.2) is 5.96 Å². The van der Waals surface area contributed by atoms with E-state index >= 15 is 0 Å². The zero-order valence-electron chi connectivity index (χ0n) is 16.4. The largest absolute Gasteiger partial charge is 0.494 e. The number of hydrogen-bond donors (Lipinski definition) is 2. The molecule has 0 unspecified atom stereocenters. The van der Waals surface area contributed by atoms with Crippen LogP contribution in [0.2, 0.25) is 0 Å². The van der Waals surface area contributed by atoms with E-state index in [0.29, 0.717) is 19.7 Å². The number of guanidine groups is 1. The molecule has 0 radical (unpaired) electrons. The highest BCUT2D eigenvalue weighted by Gasteiger charge is 2.05. The van der Waals surface area contributed by atoms with Crippen molar-refractivity contribution in [2.45, 2.75) is 26.6 Å². The van der Waals surface area contributed by atoms with Gasteiger partial charge in [0.1, 0.15) is 5.75 Å². The minimum Gasteiger partial charge on any atom is -0.494 e. The second kappa shape index (κ2) is 10.2. The van der Waals surface area contributed by atoms with Crippen molar-refractivity contribution in [1.82, 2.24) is 20.4 Å². The number of ether oxygens (including phenoxy) is 1. The molecule has 1 aromatic heterocycles. The predicted molar refractivity (Wildman–Crippen MR) is 112 cm³/mol. The summed E-state index contributed by atoms with van der Waals surface area (Å²) in [7, 11) is 1.78. The molecule has 0 bridgehead atoms. The summed E-state index contributed by atoms with van der Waals surface area (Å²) in [6.45, 7) is 4.75. The van der Waals surface area contributed by atoms with Crippen LogP contribution in [0.15, 0.2) is 72.0 Å². The summed E-state index contributed by atoms with van der Waals surface area (Å²) >= 11 is 0. The summed E-state index contributed by atoms with van der Waals surface area (Å²) < 4.78 is 7.60. The minimum absolute atomic E-state index is 0.648. The molecule has 3 rings (SSSR count). The number of benzene rings is 2. The summed E-state index contributed by atoms with van der Waals surface area (Å²) in [6, 6.07) is 18.5. The zero-order valence-corrected chi connectivity index (χ0v) is 16.4. The van der Waals surface area contributed by atoms with Gasteiger partial charge in [0.05, 0.1) is 13.2 Å². The molecule has 146 valence electrons. The van der Waals surface area contributed by atoms with Gasteiger partial charge in [-0.05, 0) is 30.2 Å². The molecule has 6 heteroatoms. The Balaban J connectivity index is 1.54. The second-order valence-corrected chi connectivity index (χ2v) is 6.34. The summed E-state index contributed by atoms with van der Waals surface area (Å²) in [6.07, 6.45) is 3.77. The molecule has 2 N–H and O–H groups in total. The first kappa shape index (κ1) is 19.5. The van der Waals surface area contributed by atoms with Crippen molar-refractivity contribution >= 4 is 5.96 Å². The minimum atomic E-state index is 0.648. The number of aliphatic imine (C=N–C) groups is 1. The molecule has 0 aliphatic carbocycles. The Hall–Kier alpha value is -3.28. The van der Waals surface area contributed by atoms with Crippen LogP contribution < -0.4 is 15.4 Å². The van der Waals surface area contributed by atoms with Gasteiger partial charge in [0, 0.05) is 38.1 Å². The van der Waals surface area contributed by atoms with E-state index in [4.69, 9.17) is 4.74 Å². The van der Waals surface area contributed by atoms with Crippen LogP contribution in [-0.2, 0) is 19.6 Å². The highest BCUT2D eigenvalue weighted by atomic mass is 16.5. The Bertz CT molecular complexity index is 889. The first-order valence-electron chi connectivity index (χ1n) is 9.49. The van der Waals surface area contributed by atoms with Gasteiger partial charge in [-0.1, -0.05) is 42.5 Å². The van der Waals surface area contributed by atoms with E-state index in [-0.39, 0.29) is 0 Å². The molecule has 0 aliphatic heterocycles. The lowest BCUT2D eigenvalue weighted by Gasteiger charge is -2.14. The van der Waals surface area contributed by atoms with Crippen LogP contribution >= 0.6 is 0 Å². The van der Waals surface area contributed by atoms with E-state index in [2.05, 4.69) is 51.1 Å². The molecular weight excluding hydrogens is 350 g/mol. The summed E-state index contributed by atoms with van der Waals surface area (Å²) in [5, 5.41) is 11.0. The van der Waals surface area contributed by atoms with Gasteiger partial charge < -0.3 is 15.4 Å². The van der Waals surface area contributed by atoms with Crippen molar-refractivity contribution in [3.05, 3.63) is 83.7 Å². The van der Waals surface area contributed by atoms with E-state index in [0.717, 1.165) is 23.8 Å². The first-order chi connectivity index (χ1) is 13.8. The van der Waals surface area contributed by atoms with E-state index in [1.807, 2.05) is 42.1 Å². The molecule has 0 amide bonds. The highest BCUT2D eigenvalue weighted by Crippen LogP contribution is 2.17. The van der Waals surface area contributed by atoms with E-state index in [9.17, 15) is 0 Å². The molecule has 0 fully saturated rings. The van der Waals surface area contributed by atoms with Crippen molar-refractivity contribution < 1.29 is 4.74 Å². The van der Waals surface area contributed by atoms with Gasteiger partial charge in [-0.3, -0.25) is 9.67 Å².